The summed E-state index contributed by atoms with van der Waals surface area (Å²) in [7, 11) is 3.16. The summed E-state index contributed by atoms with van der Waals surface area (Å²) in [6.07, 6.45) is 0.445. The Balaban J connectivity index is 1.89. The van der Waals surface area contributed by atoms with Gasteiger partial charge in [0.15, 0.2) is 0 Å². The molecular formula is C15H22N2O4. The van der Waals surface area contributed by atoms with Crippen LogP contribution in [0.4, 0.5) is 5.69 Å². The molecule has 1 aliphatic rings. The first kappa shape index (κ1) is 15.6. The van der Waals surface area contributed by atoms with Gasteiger partial charge in [0.25, 0.3) is 0 Å². The van der Waals surface area contributed by atoms with Crippen LogP contribution in [-0.2, 0) is 9.53 Å². The lowest BCUT2D eigenvalue weighted by Gasteiger charge is -2.26. The second-order valence-electron chi connectivity index (χ2n) is 4.82. The Morgan fingerprint density at radius 1 is 1.29 bits per heavy atom. The summed E-state index contributed by atoms with van der Waals surface area (Å²) in [6.45, 7) is 3.99. The Morgan fingerprint density at radius 2 is 2.05 bits per heavy atom. The first-order valence-electron chi connectivity index (χ1n) is 7.05. The zero-order valence-electron chi connectivity index (χ0n) is 12.6. The van der Waals surface area contributed by atoms with Gasteiger partial charge < -0.3 is 19.5 Å². The number of amides is 1. The van der Waals surface area contributed by atoms with Crippen molar-refractivity contribution in [2.24, 2.45) is 0 Å². The molecule has 1 saturated heterocycles. The quantitative estimate of drug-likeness (QED) is 0.858. The van der Waals surface area contributed by atoms with E-state index in [4.69, 9.17) is 14.2 Å². The molecule has 0 unspecified atom stereocenters. The average Bonchev–Trinajstić information content (AvgIpc) is 2.54. The van der Waals surface area contributed by atoms with Gasteiger partial charge in [-0.05, 0) is 12.1 Å². The van der Waals surface area contributed by atoms with Gasteiger partial charge in [-0.2, -0.15) is 0 Å². The topological polar surface area (TPSA) is 60.0 Å². The molecule has 1 aliphatic heterocycles. The molecular weight excluding hydrogens is 272 g/mol. The van der Waals surface area contributed by atoms with Gasteiger partial charge in [-0.25, -0.2) is 0 Å². The number of methoxy groups -OCH3 is 2. The van der Waals surface area contributed by atoms with E-state index < -0.39 is 0 Å². The molecule has 1 aromatic rings. The Bertz CT molecular complexity index is 473. The first-order chi connectivity index (χ1) is 10.2. The molecule has 0 saturated carbocycles. The summed E-state index contributed by atoms with van der Waals surface area (Å²) in [4.78, 5) is 14.3. The van der Waals surface area contributed by atoms with Crippen molar-refractivity contribution in [2.75, 3.05) is 52.4 Å². The van der Waals surface area contributed by atoms with Gasteiger partial charge in [-0.1, -0.05) is 0 Å². The van der Waals surface area contributed by atoms with E-state index in [0.29, 0.717) is 23.6 Å². The number of benzene rings is 1. The molecule has 1 fully saturated rings. The summed E-state index contributed by atoms with van der Waals surface area (Å²) in [5.41, 5.74) is 0.629. The van der Waals surface area contributed by atoms with Crippen LogP contribution in [0.5, 0.6) is 11.5 Å². The number of carbonyl (C=O) groups is 1. The highest BCUT2D eigenvalue weighted by atomic mass is 16.5. The third-order valence-electron chi connectivity index (χ3n) is 3.44. The Kier molecular flexibility index (Phi) is 5.83. The average molecular weight is 294 g/mol. The second-order valence-corrected chi connectivity index (χ2v) is 4.82. The lowest BCUT2D eigenvalue weighted by atomic mass is 10.2. The zero-order chi connectivity index (χ0) is 15.1. The van der Waals surface area contributed by atoms with E-state index in [9.17, 15) is 4.79 Å². The highest BCUT2D eigenvalue weighted by Crippen LogP contribution is 2.28. The van der Waals surface area contributed by atoms with E-state index in [-0.39, 0.29) is 5.91 Å². The molecule has 0 aliphatic carbocycles. The number of hydrogen-bond acceptors (Lipinski definition) is 5. The molecule has 6 heteroatoms. The van der Waals surface area contributed by atoms with E-state index in [0.717, 1.165) is 32.8 Å². The molecule has 1 aromatic carbocycles. The fourth-order valence-corrected chi connectivity index (χ4v) is 2.21. The minimum atomic E-state index is -0.0342. The summed E-state index contributed by atoms with van der Waals surface area (Å²) in [6, 6.07) is 5.32. The van der Waals surface area contributed by atoms with E-state index in [1.807, 2.05) is 0 Å². The van der Waals surface area contributed by atoms with Crippen LogP contribution in [0, 0.1) is 0 Å². The minimum Gasteiger partial charge on any atom is -0.497 e. The fourth-order valence-electron chi connectivity index (χ4n) is 2.21. The van der Waals surface area contributed by atoms with Gasteiger partial charge in [0.1, 0.15) is 11.5 Å². The monoisotopic (exact) mass is 294 g/mol. The molecule has 0 radical (unpaired) electrons. The smallest absolute Gasteiger partial charge is 0.225 e. The number of anilines is 1. The molecule has 1 heterocycles. The highest BCUT2D eigenvalue weighted by molar-refractivity contribution is 5.92. The Morgan fingerprint density at radius 3 is 2.71 bits per heavy atom. The maximum Gasteiger partial charge on any atom is 0.225 e. The number of nitrogens with one attached hydrogen (secondary N) is 1. The van der Waals surface area contributed by atoms with E-state index in [1.54, 1.807) is 32.4 Å². The molecule has 116 valence electrons. The third kappa shape index (κ3) is 4.61. The molecule has 1 N–H and O–H groups in total. The molecule has 6 nitrogen and oxygen atoms in total. The number of hydrogen-bond donors (Lipinski definition) is 1. The molecule has 2 rings (SSSR count). The molecule has 0 atom stereocenters. The molecule has 1 amide bonds. The lowest BCUT2D eigenvalue weighted by Crippen LogP contribution is -2.38. The Hall–Kier alpha value is -1.79. The van der Waals surface area contributed by atoms with Gasteiger partial charge in [0.05, 0.1) is 33.1 Å². The first-order valence-corrected chi connectivity index (χ1v) is 7.05. The fraction of sp³-hybridized carbons (Fsp3) is 0.533. The predicted octanol–water partition coefficient (Wildman–Crippen LogP) is 1.36. The standard InChI is InChI=1S/C15H22N2O4/c1-19-12-3-4-14(20-2)13(11-12)16-15(18)5-6-17-7-9-21-10-8-17/h3-4,11H,5-10H2,1-2H3,(H,16,18). The summed E-state index contributed by atoms with van der Waals surface area (Å²) < 4.78 is 15.7. The molecule has 0 aromatic heterocycles. The second kappa shape index (κ2) is 7.85. The van der Waals surface area contributed by atoms with Crippen LogP contribution >= 0.6 is 0 Å². The summed E-state index contributed by atoms with van der Waals surface area (Å²) in [5.74, 6) is 1.27. The number of rotatable bonds is 6. The van der Waals surface area contributed by atoms with Crippen molar-refractivity contribution < 1.29 is 19.0 Å². The SMILES string of the molecule is COc1ccc(OC)c(NC(=O)CCN2CCOCC2)c1. The number of ether oxygens (including phenoxy) is 3. The van der Waals surface area contributed by atoms with Crippen molar-refractivity contribution >= 4 is 11.6 Å². The van der Waals surface area contributed by atoms with Gasteiger partial charge in [-0.3, -0.25) is 9.69 Å². The van der Waals surface area contributed by atoms with Gasteiger partial charge in [-0.15, -0.1) is 0 Å². The van der Waals surface area contributed by atoms with E-state index in [2.05, 4.69) is 10.2 Å². The van der Waals surface area contributed by atoms with Gasteiger partial charge in [0.2, 0.25) is 5.91 Å². The van der Waals surface area contributed by atoms with E-state index >= 15 is 0 Å². The van der Waals surface area contributed by atoms with Crippen molar-refractivity contribution in [3.63, 3.8) is 0 Å². The maximum atomic E-state index is 12.1. The summed E-state index contributed by atoms with van der Waals surface area (Å²) in [5, 5.41) is 2.87. The molecule has 0 spiro atoms. The van der Waals surface area contributed by atoms with Crippen LogP contribution in [0.3, 0.4) is 0 Å². The Labute approximate surface area is 125 Å². The lowest BCUT2D eigenvalue weighted by molar-refractivity contribution is -0.116. The normalized spacial score (nSPS) is 15.5. The number of carbonyl (C=O) groups excluding carboxylic acids is 1. The van der Waals surface area contributed by atoms with Crippen molar-refractivity contribution in [1.29, 1.82) is 0 Å². The predicted molar refractivity (Wildman–Crippen MR) is 80.1 cm³/mol. The van der Waals surface area contributed by atoms with Crippen LogP contribution in [0.2, 0.25) is 0 Å². The number of nitrogens with zero attached hydrogens (tertiary/aromatic N) is 1. The van der Waals surface area contributed by atoms with E-state index in [1.165, 1.54) is 0 Å². The summed E-state index contributed by atoms with van der Waals surface area (Å²) >= 11 is 0. The highest BCUT2D eigenvalue weighted by Gasteiger charge is 2.13. The van der Waals surface area contributed by atoms with Crippen LogP contribution in [0.1, 0.15) is 6.42 Å². The van der Waals surface area contributed by atoms with Crippen LogP contribution < -0.4 is 14.8 Å². The van der Waals surface area contributed by atoms with Crippen molar-refractivity contribution in [3.8, 4) is 11.5 Å². The van der Waals surface area contributed by atoms with Crippen molar-refractivity contribution in [1.82, 2.24) is 4.90 Å². The van der Waals surface area contributed by atoms with Crippen molar-refractivity contribution in [3.05, 3.63) is 18.2 Å². The van der Waals surface area contributed by atoms with Gasteiger partial charge >= 0.3 is 0 Å². The van der Waals surface area contributed by atoms with Gasteiger partial charge in [0, 0.05) is 32.1 Å². The van der Waals surface area contributed by atoms with Crippen LogP contribution in [0.25, 0.3) is 0 Å². The van der Waals surface area contributed by atoms with Crippen LogP contribution in [0.15, 0.2) is 18.2 Å². The number of morpholine rings is 1. The zero-order valence-corrected chi connectivity index (χ0v) is 12.6. The molecule has 0 bridgehead atoms. The molecule has 21 heavy (non-hydrogen) atoms. The van der Waals surface area contributed by atoms with Crippen LogP contribution in [-0.4, -0.2) is 57.9 Å². The van der Waals surface area contributed by atoms with Crippen molar-refractivity contribution in [2.45, 2.75) is 6.42 Å². The third-order valence-corrected chi connectivity index (χ3v) is 3.44. The largest absolute Gasteiger partial charge is 0.497 e. The minimum absolute atomic E-state index is 0.0342. The maximum absolute atomic E-state index is 12.1.